The Morgan fingerprint density at radius 2 is 2.32 bits per heavy atom. The molecule has 1 saturated heterocycles. The van der Waals surface area contributed by atoms with Crippen LogP contribution in [-0.4, -0.2) is 70.0 Å². The Labute approximate surface area is 112 Å². The second kappa shape index (κ2) is 6.09. The Kier molecular flexibility index (Phi) is 4.46. The SMILES string of the molecule is CC1CN(C)CCN1CCn1cc(C(=O)NN)nn1. The summed E-state index contributed by atoms with van der Waals surface area (Å²) in [5.41, 5.74) is 2.29. The minimum Gasteiger partial charge on any atom is -0.304 e. The monoisotopic (exact) mass is 267 g/mol. The van der Waals surface area contributed by atoms with Crippen LogP contribution < -0.4 is 11.3 Å². The van der Waals surface area contributed by atoms with Crippen LogP contribution >= 0.6 is 0 Å². The molecule has 3 N–H and O–H groups in total. The van der Waals surface area contributed by atoms with Crippen molar-refractivity contribution in [2.75, 3.05) is 33.2 Å². The zero-order valence-corrected chi connectivity index (χ0v) is 11.4. The van der Waals surface area contributed by atoms with E-state index in [0.29, 0.717) is 6.04 Å². The van der Waals surface area contributed by atoms with E-state index < -0.39 is 5.91 Å². The highest BCUT2D eigenvalue weighted by atomic mass is 16.2. The van der Waals surface area contributed by atoms with E-state index >= 15 is 0 Å². The Morgan fingerprint density at radius 1 is 1.53 bits per heavy atom. The van der Waals surface area contributed by atoms with Gasteiger partial charge in [-0.2, -0.15) is 0 Å². The highest BCUT2D eigenvalue weighted by Gasteiger charge is 2.21. The Bertz CT molecular complexity index is 432. The molecule has 106 valence electrons. The van der Waals surface area contributed by atoms with Crippen molar-refractivity contribution < 1.29 is 4.79 Å². The molecule has 2 heterocycles. The van der Waals surface area contributed by atoms with E-state index in [2.05, 4.69) is 34.1 Å². The molecule has 1 aromatic rings. The molecule has 0 spiro atoms. The van der Waals surface area contributed by atoms with E-state index in [1.165, 1.54) is 0 Å². The average Bonchev–Trinajstić information content (AvgIpc) is 2.85. The number of carbonyl (C=O) groups is 1. The molecule has 1 fully saturated rings. The van der Waals surface area contributed by atoms with Crippen LogP contribution in [0.2, 0.25) is 0 Å². The molecule has 1 aliphatic heterocycles. The number of carbonyl (C=O) groups excluding carboxylic acids is 1. The molecule has 8 nitrogen and oxygen atoms in total. The van der Waals surface area contributed by atoms with Crippen molar-refractivity contribution >= 4 is 5.91 Å². The number of nitrogens with zero attached hydrogens (tertiary/aromatic N) is 5. The summed E-state index contributed by atoms with van der Waals surface area (Å²) >= 11 is 0. The van der Waals surface area contributed by atoms with Crippen LogP contribution in [0.1, 0.15) is 17.4 Å². The molecule has 0 aliphatic carbocycles. The van der Waals surface area contributed by atoms with Crippen molar-refractivity contribution in [2.24, 2.45) is 5.84 Å². The number of hydrogen-bond acceptors (Lipinski definition) is 6. The van der Waals surface area contributed by atoms with E-state index in [4.69, 9.17) is 5.84 Å². The number of hydrogen-bond donors (Lipinski definition) is 2. The number of nitrogen functional groups attached to an aromatic ring is 1. The maximum Gasteiger partial charge on any atom is 0.287 e. The van der Waals surface area contributed by atoms with Crippen LogP contribution in [0.4, 0.5) is 0 Å². The average molecular weight is 267 g/mol. The predicted octanol–water partition coefficient (Wildman–Crippen LogP) is -1.48. The molecule has 19 heavy (non-hydrogen) atoms. The third kappa shape index (κ3) is 3.49. The van der Waals surface area contributed by atoms with Crippen molar-refractivity contribution in [3.8, 4) is 0 Å². The first kappa shape index (κ1) is 13.9. The fraction of sp³-hybridized carbons (Fsp3) is 0.727. The molecule has 2 rings (SSSR count). The van der Waals surface area contributed by atoms with Crippen LogP contribution in [0, 0.1) is 0 Å². The van der Waals surface area contributed by atoms with Gasteiger partial charge >= 0.3 is 0 Å². The van der Waals surface area contributed by atoms with Gasteiger partial charge in [0.05, 0.1) is 12.7 Å². The number of piperazine rings is 1. The van der Waals surface area contributed by atoms with Crippen molar-refractivity contribution in [3.05, 3.63) is 11.9 Å². The molecule has 8 heteroatoms. The molecular formula is C11H21N7O. The van der Waals surface area contributed by atoms with Crippen LogP contribution in [0.3, 0.4) is 0 Å². The maximum absolute atomic E-state index is 11.3. The summed E-state index contributed by atoms with van der Waals surface area (Å²) in [6, 6.07) is 0.536. The molecule has 0 bridgehead atoms. The number of likely N-dealkylation sites (N-methyl/N-ethyl adjacent to an activating group) is 1. The molecule has 1 atom stereocenters. The molecule has 0 saturated carbocycles. The summed E-state index contributed by atoms with van der Waals surface area (Å²) in [7, 11) is 2.14. The van der Waals surface area contributed by atoms with Gasteiger partial charge in [0.1, 0.15) is 0 Å². The zero-order valence-electron chi connectivity index (χ0n) is 11.4. The summed E-state index contributed by atoms with van der Waals surface area (Å²) in [4.78, 5) is 16.0. The Balaban J connectivity index is 1.85. The second-order valence-electron chi connectivity index (χ2n) is 4.99. The van der Waals surface area contributed by atoms with E-state index in [9.17, 15) is 4.79 Å². The quantitative estimate of drug-likeness (QED) is 0.392. The number of hydrazine groups is 1. The molecule has 0 aromatic carbocycles. The minimum absolute atomic E-state index is 0.244. The van der Waals surface area contributed by atoms with Gasteiger partial charge in [-0.15, -0.1) is 5.10 Å². The number of nitrogens with one attached hydrogen (secondary N) is 1. The van der Waals surface area contributed by atoms with Crippen LogP contribution in [0.15, 0.2) is 6.20 Å². The third-order valence-electron chi connectivity index (χ3n) is 3.49. The highest BCUT2D eigenvalue weighted by molar-refractivity contribution is 5.91. The first-order valence-electron chi connectivity index (χ1n) is 6.44. The summed E-state index contributed by atoms with van der Waals surface area (Å²) in [5, 5.41) is 7.70. The molecule has 1 unspecified atom stereocenters. The largest absolute Gasteiger partial charge is 0.304 e. The molecule has 0 radical (unpaired) electrons. The lowest BCUT2D eigenvalue weighted by Crippen LogP contribution is -2.51. The number of nitrogens with two attached hydrogens (primary N) is 1. The van der Waals surface area contributed by atoms with Gasteiger partial charge in [0.2, 0.25) is 0 Å². The molecular weight excluding hydrogens is 246 g/mol. The van der Waals surface area contributed by atoms with Gasteiger partial charge in [0, 0.05) is 32.2 Å². The third-order valence-corrected chi connectivity index (χ3v) is 3.49. The lowest BCUT2D eigenvalue weighted by molar-refractivity contribution is 0.0946. The van der Waals surface area contributed by atoms with Crippen molar-refractivity contribution in [1.29, 1.82) is 0 Å². The van der Waals surface area contributed by atoms with Crippen molar-refractivity contribution in [3.63, 3.8) is 0 Å². The van der Waals surface area contributed by atoms with Gasteiger partial charge in [-0.3, -0.25) is 19.8 Å². The summed E-state index contributed by atoms with van der Waals surface area (Å²) in [6.45, 7) is 7.08. The second-order valence-corrected chi connectivity index (χ2v) is 4.99. The topological polar surface area (TPSA) is 92.3 Å². The lowest BCUT2D eigenvalue weighted by atomic mass is 10.2. The summed E-state index contributed by atoms with van der Waals surface area (Å²) in [5.74, 6) is 4.63. The van der Waals surface area contributed by atoms with Crippen LogP contribution in [-0.2, 0) is 6.54 Å². The lowest BCUT2D eigenvalue weighted by Gasteiger charge is -2.38. The smallest absolute Gasteiger partial charge is 0.287 e. The summed E-state index contributed by atoms with van der Waals surface area (Å²) in [6.07, 6.45) is 1.61. The first-order chi connectivity index (χ1) is 9.10. The van der Waals surface area contributed by atoms with Crippen LogP contribution in [0.5, 0.6) is 0 Å². The predicted molar refractivity (Wildman–Crippen MR) is 70.2 cm³/mol. The first-order valence-corrected chi connectivity index (χ1v) is 6.44. The van der Waals surface area contributed by atoms with Crippen molar-refractivity contribution in [1.82, 2.24) is 30.2 Å². The minimum atomic E-state index is -0.417. The van der Waals surface area contributed by atoms with E-state index in [-0.39, 0.29) is 5.69 Å². The zero-order chi connectivity index (χ0) is 13.8. The maximum atomic E-state index is 11.3. The van der Waals surface area contributed by atoms with Gasteiger partial charge in [-0.1, -0.05) is 5.21 Å². The van der Waals surface area contributed by atoms with Gasteiger partial charge in [-0.25, -0.2) is 5.84 Å². The van der Waals surface area contributed by atoms with E-state index in [0.717, 1.165) is 32.7 Å². The molecule has 1 amide bonds. The van der Waals surface area contributed by atoms with E-state index in [1.807, 2.05) is 5.43 Å². The number of amides is 1. The highest BCUT2D eigenvalue weighted by Crippen LogP contribution is 2.07. The standard InChI is InChI=1S/C11H21N7O/c1-9-7-16(2)3-4-17(9)5-6-18-8-10(14-15-18)11(19)13-12/h8-9H,3-7,12H2,1-2H3,(H,13,19). The van der Waals surface area contributed by atoms with E-state index in [1.54, 1.807) is 10.9 Å². The number of rotatable bonds is 4. The normalized spacial score (nSPS) is 21.5. The van der Waals surface area contributed by atoms with Gasteiger partial charge < -0.3 is 4.90 Å². The fourth-order valence-corrected chi connectivity index (χ4v) is 2.33. The fourth-order valence-electron chi connectivity index (χ4n) is 2.33. The van der Waals surface area contributed by atoms with Crippen molar-refractivity contribution in [2.45, 2.75) is 19.5 Å². The van der Waals surface area contributed by atoms with Gasteiger partial charge in [0.25, 0.3) is 5.91 Å². The molecule has 1 aliphatic rings. The van der Waals surface area contributed by atoms with Gasteiger partial charge in [-0.05, 0) is 14.0 Å². The molecule has 1 aromatic heterocycles. The number of aromatic nitrogens is 3. The Hall–Kier alpha value is -1.51. The van der Waals surface area contributed by atoms with Crippen LogP contribution in [0.25, 0.3) is 0 Å². The van der Waals surface area contributed by atoms with Gasteiger partial charge in [0.15, 0.2) is 5.69 Å². The Morgan fingerprint density at radius 3 is 3.00 bits per heavy atom. The summed E-state index contributed by atoms with van der Waals surface area (Å²) < 4.78 is 1.68.